The van der Waals surface area contributed by atoms with E-state index in [4.69, 9.17) is 4.52 Å². The second-order valence-electron chi connectivity index (χ2n) is 5.53. The molecular formula is C15H17N5OS. The zero-order chi connectivity index (χ0) is 14.9. The second kappa shape index (κ2) is 5.66. The fraction of sp³-hybridized carbons (Fsp3) is 0.400. The summed E-state index contributed by atoms with van der Waals surface area (Å²) in [5.74, 6) is 2.79. The first-order valence-electron chi connectivity index (χ1n) is 7.41. The van der Waals surface area contributed by atoms with Crippen LogP contribution < -0.4 is 5.32 Å². The van der Waals surface area contributed by atoms with Crippen LogP contribution in [0.5, 0.6) is 0 Å². The van der Waals surface area contributed by atoms with Crippen LogP contribution in [-0.4, -0.2) is 26.0 Å². The van der Waals surface area contributed by atoms with Crippen LogP contribution in [0.25, 0.3) is 10.6 Å². The van der Waals surface area contributed by atoms with Gasteiger partial charge in [-0.15, -0.1) is 11.3 Å². The zero-order valence-electron chi connectivity index (χ0n) is 12.3. The molecule has 0 saturated heterocycles. The van der Waals surface area contributed by atoms with Crippen LogP contribution in [0.4, 0.5) is 0 Å². The summed E-state index contributed by atoms with van der Waals surface area (Å²) in [4.78, 5) is 5.54. The zero-order valence-corrected chi connectivity index (χ0v) is 13.1. The van der Waals surface area contributed by atoms with Gasteiger partial charge in [-0.3, -0.25) is 0 Å². The largest absolute Gasteiger partial charge is 0.355 e. The Kier molecular flexibility index (Phi) is 3.51. The first-order chi connectivity index (χ1) is 10.8. The molecule has 4 heterocycles. The lowest BCUT2D eigenvalue weighted by molar-refractivity contribution is 0.350. The van der Waals surface area contributed by atoms with Gasteiger partial charge in [0.1, 0.15) is 11.6 Å². The van der Waals surface area contributed by atoms with Crippen LogP contribution in [-0.2, 0) is 19.5 Å². The van der Waals surface area contributed by atoms with Crippen LogP contribution in [0.15, 0.2) is 28.1 Å². The summed E-state index contributed by atoms with van der Waals surface area (Å²) < 4.78 is 7.41. The molecule has 6 nitrogen and oxygen atoms in total. The first kappa shape index (κ1) is 13.7. The van der Waals surface area contributed by atoms with E-state index in [1.54, 1.807) is 11.3 Å². The molecule has 0 aromatic carbocycles. The van der Waals surface area contributed by atoms with E-state index in [-0.39, 0.29) is 0 Å². The smallest absolute Gasteiger partial charge is 0.177 e. The molecule has 3 aromatic rings. The van der Waals surface area contributed by atoms with Crippen molar-refractivity contribution >= 4 is 11.3 Å². The topological polar surface area (TPSA) is 68.8 Å². The van der Waals surface area contributed by atoms with E-state index in [1.165, 1.54) is 0 Å². The molecule has 0 aliphatic carbocycles. The quantitative estimate of drug-likeness (QED) is 0.800. The molecule has 0 spiro atoms. The summed E-state index contributed by atoms with van der Waals surface area (Å²) in [6.45, 7) is 3.52. The van der Waals surface area contributed by atoms with E-state index in [0.29, 0.717) is 12.6 Å². The third-order valence-corrected chi connectivity index (χ3v) is 4.74. The monoisotopic (exact) mass is 315 g/mol. The number of thiophene rings is 1. The molecule has 7 heteroatoms. The van der Waals surface area contributed by atoms with Crippen molar-refractivity contribution in [3.8, 4) is 10.6 Å². The van der Waals surface area contributed by atoms with Crippen molar-refractivity contribution < 1.29 is 4.52 Å². The van der Waals surface area contributed by atoms with Gasteiger partial charge in [0, 0.05) is 25.1 Å². The number of hydrogen-bond acceptors (Lipinski definition) is 6. The normalized spacial score (nSPS) is 17.6. The maximum Gasteiger partial charge on any atom is 0.177 e. The minimum Gasteiger partial charge on any atom is -0.355 e. The summed E-state index contributed by atoms with van der Waals surface area (Å²) in [6.07, 6.45) is 2.05. The van der Waals surface area contributed by atoms with Crippen molar-refractivity contribution in [1.29, 1.82) is 0 Å². The molecule has 4 rings (SSSR count). The Hall–Kier alpha value is -1.99. The van der Waals surface area contributed by atoms with Crippen molar-refractivity contribution in [3.05, 3.63) is 40.9 Å². The number of aromatic nitrogens is 4. The number of aryl methyl sites for hydroxylation is 2. The molecule has 114 valence electrons. The molecular weight excluding hydrogens is 298 g/mol. The Morgan fingerprint density at radius 1 is 1.50 bits per heavy atom. The molecule has 0 fully saturated rings. The number of rotatable bonds is 4. The molecule has 1 N–H and O–H groups in total. The van der Waals surface area contributed by atoms with Gasteiger partial charge in [0.25, 0.3) is 0 Å². The molecule has 0 saturated carbocycles. The molecule has 0 radical (unpaired) electrons. The van der Waals surface area contributed by atoms with Gasteiger partial charge in [-0.2, -0.15) is 5.10 Å². The molecule has 0 bridgehead atoms. The summed E-state index contributed by atoms with van der Waals surface area (Å²) in [7, 11) is 0. The SMILES string of the molecule is Cc1nc2n(n1)CC(NCc1cc(-c3cccs3)on1)CC2. The maximum absolute atomic E-state index is 5.40. The van der Waals surface area contributed by atoms with Gasteiger partial charge in [0.2, 0.25) is 0 Å². The Labute approximate surface area is 132 Å². The van der Waals surface area contributed by atoms with Crippen LogP contribution in [0.3, 0.4) is 0 Å². The van der Waals surface area contributed by atoms with Crippen molar-refractivity contribution in [1.82, 2.24) is 25.2 Å². The fourth-order valence-electron chi connectivity index (χ4n) is 2.78. The fourth-order valence-corrected chi connectivity index (χ4v) is 3.45. The Bertz CT molecular complexity index is 761. The van der Waals surface area contributed by atoms with E-state index in [1.807, 2.05) is 35.2 Å². The minimum absolute atomic E-state index is 0.399. The predicted octanol–water partition coefficient (Wildman–Crippen LogP) is 2.41. The molecule has 22 heavy (non-hydrogen) atoms. The van der Waals surface area contributed by atoms with E-state index < -0.39 is 0 Å². The van der Waals surface area contributed by atoms with Crippen molar-refractivity contribution in [3.63, 3.8) is 0 Å². The molecule has 0 amide bonds. The second-order valence-corrected chi connectivity index (χ2v) is 6.48. The highest BCUT2D eigenvalue weighted by Crippen LogP contribution is 2.25. The number of hydrogen-bond donors (Lipinski definition) is 1. The molecule has 1 aliphatic heterocycles. The standard InChI is InChI=1S/C15H17N5OS/c1-10-17-15-5-4-11(9-20(15)18-10)16-8-12-7-13(21-19-12)14-3-2-6-22-14/h2-3,6-7,11,16H,4-5,8-9H2,1H3. The molecule has 3 aromatic heterocycles. The minimum atomic E-state index is 0.399. The molecule has 1 unspecified atom stereocenters. The highest BCUT2D eigenvalue weighted by Gasteiger charge is 2.20. The van der Waals surface area contributed by atoms with Gasteiger partial charge in [0.05, 0.1) is 17.1 Å². The summed E-state index contributed by atoms with van der Waals surface area (Å²) in [5.41, 5.74) is 0.934. The Balaban J connectivity index is 1.37. The third-order valence-electron chi connectivity index (χ3n) is 3.86. The van der Waals surface area contributed by atoms with E-state index in [9.17, 15) is 0 Å². The van der Waals surface area contributed by atoms with Gasteiger partial charge in [-0.05, 0) is 24.8 Å². The van der Waals surface area contributed by atoms with Gasteiger partial charge < -0.3 is 9.84 Å². The van der Waals surface area contributed by atoms with Crippen LogP contribution in [0, 0.1) is 6.92 Å². The Morgan fingerprint density at radius 2 is 2.45 bits per heavy atom. The highest BCUT2D eigenvalue weighted by atomic mass is 32.1. The van der Waals surface area contributed by atoms with Gasteiger partial charge >= 0.3 is 0 Å². The third kappa shape index (κ3) is 2.69. The van der Waals surface area contributed by atoms with Crippen molar-refractivity contribution in [2.24, 2.45) is 0 Å². The summed E-state index contributed by atoms with van der Waals surface area (Å²) >= 11 is 1.66. The lowest BCUT2D eigenvalue weighted by Gasteiger charge is -2.23. The molecule has 1 atom stereocenters. The molecule has 1 aliphatic rings. The lowest BCUT2D eigenvalue weighted by Crippen LogP contribution is -2.37. The van der Waals surface area contributed by atoms with Crippen molar-refractivity contribution in [2.75, 3.05) is 0 Å². The van der Waals surface area contributed by atoms with Crippen LogP contribution in [0.2, 0.25) is 0 Å². The summed E-state index contributed by atoms with van der Waals surface area (Å²) in [6, 6.07) is 6.46. The number of nitrogens with zero attached hydrogens (tertiary/aromatic N) is 4. The predicted molar refractivity (Wildman–Crippen MR) is 83.5 cm³/mol. The summed E-state index contributed by atoms with van der Waals surface area (Å²) in [5, 5.41) is 14.1. The lowest BCUT2D eigenvalue weighted by atomic mass is 10.1. The first-order valence-corrected chi connectivity index (χ1v) is 8.29. The maximum atomic E-state index is 5.40. The Morgan fingerprint density at radius 3 is 3.32 bits per heavy atom. The van der Waals surface area contributed by atoms with Crippen LogP contribution in [0.1, 0.15) is 23.8 Å². The van der Waals surface area contributed by atoms with E-state index in [2.05, 4.69) is 20.6 Å². The van der Waals surface area contributed by atoms with Gasteiger partial charge in [-0.1, -0.05) is 11.2 Å². The average molecular weight is 315 g/mol. The average Bonchev–Trinajstić information content (AvgIpc) is 3.23. The highest BCUT2D eigenvalue weighted by molar-refractivity contribution is 7.13. The van der Waals surface area contributed by atoms with Crippen molar-refractivity contribution in [2.45, 2.75) is 38.9 Å². The number of fused-ring (bicyclic) bond motifs is 1. The number of nitrogens with one attached hydrogen (secondary N) is 1. The van der Waals surface area contributed by atoms with Gasteiger partial charge in [-0.25, -0.2) is 9.67 Å². The van der Waals surface area contributed by atoms with E-state index >= 15 is 0 Å². The van der Waals surface area contributed by atoms with Crippen LogP contribution >= 0.6 is 11.3 Å². The van der Waals surface area contributed by atoms with Gasteiger partial charge in [0.15, 0.2) is 5.76 Å². The van der Waals surface area contributed by atoms with E-state index in [0.717, 1.165) is 47.4 Å².